The van der Waals surface area contributed by atoms with Gasteiger partial charge in [0.15, 0.2) is 11.6 Å². The third-order valence-electron chi connectivity index (χ3n) is 4.22. The molecule has 7 heteroatoms. The number of hydrogen-bond acceptors (Lipinski definition) is 4. The number of benzene rings is 2. The molecule has 0 amide bonds. The average molecular weight is 350 g/mol. The van der Waals surface area contributed by atoms with E-state index < -0.39 is 5.82 Å². The van der Waals surface area contributed by atoms with E-state index in [1.54, 1.807) is 30.6 Å². The number of halogens is 1. The van der Waals surface area contributed by atoms with Crippen LogP contribution >= 0.6 is 0 Å². The van der Waals surface area contributed by atoms with Crippen LogP contribution in [-0.2, 0) is 6.54 Å². The van der Waals surface area contributed by atoms with Crippen molar-refractivity contribution in [2.75, 3.05) is 7.11 Å². The molecule has 0 bridgehead atoms. The number of nitrogens with zero attached hydrogens (tertiary/aromatic N) is 3. The first-order chi connectivity index (χ1) is 12.7. The summed E-state index contributed by atoms with van der Waals surface area (Å²) in [6, 6.07) is 10.0. The Balaban J connectivity index is 1.76. The summed E-state index contributed by atoms with van der Waals surface area (Å²) in [7, 11) is 1.41. The molecule has 0 saturated heterocycles. The normalized spacial score (nSPS) is 11.0. The molecule has 0 unspecified atom stereocenters. The Bertz CT molecular complexity index is 1140. The van der Waals surface area contributed by atoms with Crippen LogP contribution in [-0.4, -0.2) is 26.9 Å². The monoisotopic (exact) mass is 350 g/mol. The summed E-state index contributed by atoms with van der Waals surface area (Å²) in [5, 5.41) is 7.20. The Morgan fingerprint density at radius 2 is 2.08 bits per heavy atom. The van der Waals surface area contributed by atoms with E-state index in [1.807, 2.05) is 12.1 Å². The van der Waals surface area contributed by atoms with E-state index in [0.29, 0.717) is 10.9 Å². The molecule has 130 valence electrons. The fourth-order valence-electron chi connectivity index (χ4n) is 2.86. The van der Waals surface area contributed by atoms with E-state index >= 15 is 0 Å². The molecule has 6 nitrogen and oxygen atoms in total. The van der Waals surface area contributed by atoms with Crippen LogP contribution in [0.25, 0.3) is 22.0 Å². The zero-order chi connectivity index (χ0) is 18.1. The molecule has 0 aliphatic rings. The van der Waals surface area contributed by atoms with Crippen molar-refractivity contribution in [3.05, 3.63) is 76.9 Å². The summed E-state index contributed by atoms with van der Waals surface area (Å²) in [6.07, 6.45) is 4.96. The van der Waals surface area contributed by atoms with Crippen molar-refractivity contribution in [3.8, 4) is 16.9 Å². The first kappa shape index (κ1) is 16.0. The van der Waals surface area contributed by atoms with Crippen LogP contribution in [0.5, 0.6) is 5.75 Å². The van der Waals surface area contributed by atoms with Gasteiger partial charge in [0.1, 0.15) is 0 Å². The molecule has 0 aliphatic carbocycles. The zero-order valence-electron chi connectivity index (χ0n) is 13.9. The maximum absolute atomic E-state index is 13.6. The van der Waals surface area contributed by atoms with Crippen LogP contribution in [0.1, 0.15) is 5.56 Å². The van der Waals surface area contributed by atoms with E-state index in [9.17, 15) is 9.18 Å². The van der Waals surface area contributed by atoms with E-state index in [4.69, 9.17) is 4.74 Å². The van der Waals surface area contributed by atoms with Crippen molar-refractivity contribution in [2.24, 2.45) is 0 Å². The molecule has 2 aromatic carbocycles. The van der Waals surface area contributed by atoms with Gasteiger partial charge in [-0.05, 0) is 35.4 Å². The van der Waals surface area contributed by atoms with Gasteiger partial charge in [0.05, 0.1) is 37.1 Å². The molecule has 4 rings (SSSR count). The van der Waals surface area contributed by atoms with Crippen molar-refractivity contribution in [2.45, 2.75) is 6.54 Å². The maximum Gasteiger partial charge on any atom is 0.261 e. The van der Waals surface area contributed by atoms with Gasteiger partial charge in [-0.2, -0.15) is 5.10 Å². The highest BCUT2D eigenvalue weighted by molar-refractivity contribution is 5.83. The van der Waals surface area contributed by atoms with Crippen LogP contribution in [0.2, 0.25) is 0 Å². The van der Waals surface area contributed by atoms with Gasteiger partial charge < -0.3 is 4.74 Å². The van der Waals surface area contributed by atoms with E-state index in [1.165, 1.54) is 24.1 Å². The Hall–Kier alpha value is -3.48. The number of nitrogens with one attached hydrogen (secondary N) is 1. The number of ether oxygens (including phenoxy) is 1. The lowest BCUT2D eigenvalue weighted by atomic mass is 10.1. The maximum atomic E-state index is 13.6. The van der Waals surface area contributed by atoms with Crippen molar-refractivity contribution in [1.29, 1.82) is 0 Å². The molecule has 0 radical (unpaired) electrons. The van der Waals surface area contributed by atoms with Crippen LogP contribution in [0.15, 0.2) is 59.9 Å². The van der Waals surface area contributed by atoms with Crippen LogP contribution in [0.4, 0.5) is 4.39 Å². The molecule has 0 fully saturated rings. The van der Waals surface area contributed by atoms with Gasteiger partial charge in [0.2, 0.25) is 0 Å². The summed E-state index contributed by atoms with van der Waals surface area (Å²) in [5.41, 5.74) is 2.98. The van der Waals surface area contributed by atoms with Gasteiger partial charge in [0.25, 0.3) is 5.56 Å². The molecule has 0 saturated carbocycles. The highest BCUT2D eigenvalue weighted by Crippen LogP contribution is 2.21. The van der Waals surface area contributed by atoms with Gasteiger partial charge in [-0.1, -0.05) is 12.1 Å². The average Bonchev–Trinajstić information content (AvgIpc) is 3.20. The van der Waals surface area contributed by atoms with Gasteiger partial charge in [-0.3, -0.25) is 14.5 Å². The highest BCUT2D eigenvalue weighted by Gasteiger charge is 2.09. The van der Waals surface area contributed by atoms with Gasteiger partial charge in [-0.25, -0.2) is 9.37 Å². The van der Waals surface area contributed by atoms with Crippen molar-refractivity contribution in [1.82, 2.24) is 19.7 Å². The first-order valence-electron chi connectivity index (χ1n) is 7.96. The Kier molecular flexibility index (Phi) is 3.96. The molecule has 1 N–H and O–H groups in total. The second-order valence-corrected chi connectivity index (χ2v) is 5.87. The third kappa shape index (κ3) is 2.83. The minimum Gasteiger partial charge on any atom is -0.494 e. The first-order valence-corrected chi connectivity index (χ1v) is 7.96. The molecule has 0 atom stereocenters. The minimum absolute atomic E-state index is 0.145. The molecule has 2 heterocycles. The van der Waals surface area contributed by atoms with E-state index in [2.05, 4.69) is 15.2 Å². The smallest absolute Gasteiger partial charge is 0.261 e. The summed E-state index contributed by atoms with van der Waals surface area (Å²) in [5.74, 6) is -0.295. The van der Waals surface area contributed by atoms with E-state index in [0.717, 1.165) is 16.7 Å². The molecule has 26 heavy (non-hydrogen) atoms. The third-order valence-corrected chi connectivity index (χ3v) is 4.22. The minimum atomic E-state index is -0.440. The highest BCUT2D eigenvalue weighted by atomic mass is 19.1. The van der Waals surface area contributed by atoms with Crippen molar-refractivity contribution < 1.29 is 9.13 Å². The van der Waals surface area contributed by atoms with E-state index in [-0.39, 0.29) is 17.9 Å². The Morgan fingerprint density at radius 1 is 1.19 bits per heavy atom. The second-order valence-electron chi connectivity index (χ2n) is 5.87. The van der Waals surface area contributed by atoms with Crippen LogP contribution in [0, 0.1) is 5.82 Å². The Labute approximate surface area is 147 Å². The lowest BCUT2D eigenvalue weighted by Crippen LogP contribution is -2.21. The second kappa shape index (κ2) is 6.44. The molecule has 0 aliphatic heterocycles. The van der Waals surface area contributed by atoms with Crippen LogP contribution in [0.3, 0.4) is 0 Å². The number of H-pyrrole nitrogens is 1. The Morgan fingerprint density at radius 3 is 2.85 bits per heavy atom. The SMILES string of the molecule is COc1cc(Cn2cnc3ccc(-c4cn[nH]c4)cc3c2=O)ccc1F. The standard InChI is InChI=1S/C19H15FN4O2/c1-26-18-6-12(2-4-16(18)20)10-24-11-21-17-5-3-13(7-15(17)19(24)25)14-8-22-23-9-14/h2-9,11H,10H2,1H3,(H,22,23). The van der Waals surface area contributed by atoms with Gasteiger partial charge in [-0.15, -0.1) is 0 Å². The van der Waals surface area contributed by atoms with Crippen molar-refractivity contribution in [3.63, 3.8) is 0 Å². The lowest BCUT2D eigenvalue weighted by Gasteiger charge is -2.09. The molecular formula is C19H15FN4O2. The van der Waals surface area contributed by atoms with Crippen molar-refractivity contribution >= 4 is 10.9 Å². The molecule has 0 spiro atoms. The lowest BCUT2D eigenvalue weighted by molar-refractivity contribution is 0.385. The number of aromatic amines is 1. The predicted molar refractivity (Wildman–Crippen MR) is 95.6 cm³/mol. The predicted octanol–water partition coefficient (Wildman–Crippen LogP) is 2.98. The van der Waals surface area contributed by atoms with Gasteiger partial charge in [0, 0.05) is 11.8 Å². The van der Waals surface area contributed by atoms with Gasteiger partial charge >= 0.3 is 0 Å². The summed E-state index contributed by atoms with van der Waals surface area (Å²) < 4.78 is 20.0. The number of rotatable bonds is 4. The topological polar surface area (TPSA) is 72.8 Å². The number of aromatic nitrogens is 4. The number of methoxy groups -OCH3 is 1. The number of hydrogen-bond donors (Lipinski definition) is 1. The molecular weight excluding hydrogens is 335 g/mol. The number of fused-ring (bicyclic) bond motifs is 1. The fraction of sp³-hybridized carbons (Fsp3) is 0.105. The quantitative estimate of drug-likeness (QED) is 0.614. The largest absolute Gasteiger partial charge is 0.494 e. The summed E-state index contributed by atoms with van der Waals surface area (Å²) >= 11 is 0. The summed E-state index contributed by atoms with van der Waals surface area (Å²) in [6.45, 7) is 0.272. The molecule has 4 aromatic rings. The fourth-order valence-corrected chi connectivity index (χ4v) is 2.86. The zero-order valence-corrected chi connectivity index (χ0v) is 13.9. The molecule has 2 aromatic heterocycles. The van der Waals surface area contributed by atoms with Crippen LogP contribution < -0.4 is 10.3 Å². The summed E-state index contributed by atoms with van der Waals surface area (Å²) in [4.78, 5) is 17.2.